The molecule has 1 aromatic rings. The van der Waals surface area contributed by atoms with Gasteiger partial charge in [-0.15, -0.1) is 0 Å². The highest BCUT2D eigenvalue weighted by atomic mass is 16.4. The SMILES string of the molecule is CN1CCC[C@@]1(CCCc1ccccn1)C(=O)O. The maximum absolute atomic E-state index is 11.5. The molecule has 1 aromatic heterocycles. The van der Waals surface area contributed by atoms with Gasteiger partial charge in [-0.25, -0.2) is 0 Å². The number of hydrogen-bond donors (Lipinski definition) is 1. The Morgan fingerprint density at radius 3 is 2.94 bits per heavy atom. The van der Waals surface area contributed by atoms with Gasteiger partial charge in [0.2, 0.25) is 0 Å². The minimum absolute atomic E-state index is 0.644. The van der Waals surface area contributed by atoms with Crippen LogP contribution < -0.4 is 0 Å². The first-order valence-corrected chi connectivity index (χ1v) is 6.50. The molecule has 0 aromatic carbocycles. The van der Waals surface area contributed by atoms with E-state index in [-0.39, 0.29) is 0 Å². The van der Waals surface area contributed by atoms with Crippen molar-refractivity contribution in [2.45, 2.75) is 37.6 Å². The normalized spacial score (nSPS) is 24.3. The van der Waals surface area contributed by atoms with Gasteiger partial charge in [0.25, 0.3) is 0 Å². The van der Waals surface area contributed by atoms with Crippen molar-refractivity contribution in [3.05, 3.63) is 30.1 Å². The Morgan fingerprint density at radius 1 is 1.56 bits per heavy atom. The van der Waals surface area contributed by atoms with Gasteiger partial charge in [0, 0.05) is 11.9 Å². The number of aromatic nitrogens is 1. The number of hydrogen-bond acceptors (Lipinski definition) is 3. The Kier molecular flexibility index (Phi) is 3.97. The van der Waals surface area contributed by atoms with E-state index in [1.807, 2.05) is 30.1 Å². The van der Waals surface area contributed by atoms with E-state index in [2.05, 4.69) is 4.98 Å². The average molecular weight is 248 g/mol. The third kappa shape index (κ3) is 2.53. The molecule has 1 saturated heterocycles. The van der Waals surface area contributed by atoms with Crippen molar-refractivity contribution in [1.82, 2.24) is 9.88 Å². The lowest BCUT2D eigenvalue weighted by Gasteiger charge is -2.31. The van der Waals surface area contributed by atoms with Crippen molar-refractivity contribution in [2.75, 3.05) is 13.6 Å². The highest BCUT2D eigenvalue weighted by molar-refractivity contribution is 5.79. The zero-order valence-electron chi connectivity index (χ0n) is 10.8. The van der Waals surface area contributed by atoms with Crippen LogP contribution in [0.1, 0.15) is 31.4 Å². The van der Waals surface area contributed by atoms with Gasteiger partial charge >= 0.3 is 5.97 Å². The predicted molar refractivity (Wildman–Crippen MR) is 69.4 cm³/mol. The van der Waals surface area contributed by atoms with E-state index in [0.717, 1.165) is 37.9 Å². The zero-order chi connectivity index (χ0) is 13.0. The first-order valence-electron chi connectivity index (χ1n) is 6.50. The number of aliphatic carboxylic acids is 1. The molecule has 0 aliphatic carbocycles. The second-order valence-corrected chi connectivity index (χ2v) is 5.04. The molecule has 0 amide bonds. The summed E-state index contributed by atoms with van der Waals surface area (Å²) in [6.07, 6.45) is 5.95. The summed E-state index contributed by atoms with van der Waals surface area (Å²) in [5, 5.41) is 9.47. The first kappa shape index (κ1) is 13.0. The largest absolute Gasteiger partial charge is 0.480 e. The standard InChI is InChI=1S/C14H20N2O2/c1-16-11-5-9-14(16,13(17)18)8-4-7-12-6-2-3-10-15-12/h2-3,6,10H,4-5,7-9,11H2,1H3,(H,17,18)/t14-/m0/s1. The fourth-order valence-electron chi connectivity index (χ4n) is 2.81. The van der Waals surface area contributed by atoms with E-state index in [4.69, 9.17) is 0 Å². The van der Waals surface area contributed by atoms with Crippen LogP contribution in [0.25, 0.3) is 0 Å². The minimum atomic E-state index is -0.677. The van der Waals surface area contributed by atoms with Crippen molar-refractivity contribution in [3.8, 4) is 0 Å². The number of nitrogens with zero attached hydrogens (tertiary/aromatic N) is 2. The number of likely N-dealkylation sites (N-methyl/N-ethyl adjacent to an activating group) is 1. The summed E-state index contributed by atoms with van der Waals surface area (Å²) in [7, 11) is 1.92. The highest BCUT2D eigenvalue weighted by Gasteiger charge is 2.44. The van der Waals surface area contributed by atoms with E-state index < -0.39 is 11.5 Å². The van der Waals surface area contributed by atoms with Crippen molar-refractivity contribution < 1.29 is 9.90 Å². The van der Waals surface area contributed by atoms with Crippen molar-refractivity contribution in [1.29, 1.82) is 0 Å². The quantitative estimate of drug-likeness (QED) is 0.865. The Bertz CT molecular complexity index is 408. The molecule has 1 N–H and O–H groups in total. The molecule has 0 unspecified atom stereocenters. The van der Waals surface area contributed by atoms with Crippen molar-refractivity contribution in [3.63, 3.8) is 0 Å². The Labute approximate surface area is 108 Å². The number of aryl methyl sites for hydroxylation is 1. The lowest BCUT2D eigenvalue weighted by molar-refractivity contribution is -0.149. The van der Waals surface area contributed by atoms with Gasteiger partial charge in [-0.05, 0) is 57.8 Å². The second kappa shape index (κ2) is 5.48. The third-order valence-corrected chi connectivity index (χ3v) is 3.96. The lowest BCUT2D eigenvalue weighted by Crippen LogP contribution is -2.48. The van der Waals surface area contributed by atoms with E-state index in [9.17, 15) is 9.90 Å². The monoisotopic (exact) mass is 248 g/mol. The molecule has 0 bridgehead atoms. The average Bonchev–Trinajstić information content (AvgIpc) is 2.73. The van der Waals surface area contributed by atoms with Gasteiger partial charge in [-0.3, -0.25) is 14.7 Å². The van der Waals surface area contributed by atoms with E-state index >= 15 is 0 Å². The number of carbonyl (C=O) groups is 1. The molecule has 18 heavy (non-hydrogen) atoms. The van der Waals surface area contributed by atoms with Crippen LogP contribution >= 0.6 is 0 Å². The van der Waals surface area contributed by atoms with Crippen molar-refractivity contribution >= 4 is 5.97 Å². The summed E-state index contributed by atoms with van der Waals surface area (Å²) in [5.74, 6) is -0.677. The van der Waals surface area contributed by atoms with Crippen LogP contribution in [0.3, 0.4) is 0 Å². The van der Waals surface area contributed by atoms with Crippen LogP contribution in [0.5, 0.6) is 0 Å². The molecule has 4 nitrogen and oxygen atoms in total. The topological polar surface area (TPSA) is 53.4 Å². The van der Waals surface area contributed by atoms with Crippen LogP contribution in [-0.2, 0) is 11.2 Å². The summed E-state index contributed by atoms with van der Waals surface area (Å²) in [6, 6.07) is 5.86. The number of pyridine rings is 1. The number of carboxylic acids is 1. The predicted octanol–water partition coefficient (Wildman–Crippen LogP) is 1.95. The number of rotatable bonds is 5. The molecule has 98 valence electrons. The molecule has 2 rings (SSSR count). The van der Waals surface area contributed by atoms with Crippen LogP contribution in [0.15, 0.2) is 24.4 Å². The zero-order valence-corrected chi connectivity index (χ0v) is 10.8. The van der Waals surface area contributed by atoms with Gasteiger partial charge in [0.1, 0.15) is 5.54 Å². The molecule has 1 atom stereocenters. The van der Waals surface area contributed by atoms with E-state index in [1.54, 1.807) is 6.20 Å². The molecule has 1 aliphatic heterocycles. The summed E-state index contributed by atoms with van der Waals surface area (Å²) in [4.78, 5) is 17.8. The molecule has 0 saturated carbocycles. The highest BCUT2D eigenvalue weighted by Crippen LogP contribution is 2.32. The van der Waals surface area contributed by atoms with Crippen LogP contribution in [0.4, 0.5) is 0 Å². The minimum Gasteiger partial charge on any atom is -0.480 e. The van der Waals surface area contributed by atoms with Gasteiger partial charge in [-0.2, -0.15) is 0 Å². The number of carboxylic acid groups (broad SMARTS) is 1. The molecule has 2 heterocycles. The maximum atomic E-state index is 11.5. The van der Waals surface area contributed by atoms with Crippen molar-refractivity contribution in [2.24, 2.45) is 0 Å². The third-order valence-electron chi connectivity index (χ3n) is 3.96. The second-order valence-electron chi connectivity index (χ2n) is 5.04. The Morgan fingerprint density at radius 2 is 2.39 bits per heavy atom. The fraction of sp³-hybridized carbons (Fsp3) is 0.571. The first-order chi connectivity index (χ1) is 8.65. The Balaban J connectivity index is 1.93. The molecule has 1 fully saturated rings. The summed E-state index contributed by atoms with van der Waals surface area (Å²) in [6.45, 7) is 0.885. The Hall–Kier alpha value is -1.42. The lowest BCUT2D eigenvalue weighted by atomic mass is 9.89. The smallest absolute Gasteiger partial charge is 0.324 e. The van der Waals surface area contributed by atoms with Crippen LogP contribution in [-0.4, -0.2) is 40.1 Å². The molecular weight excluding hydrogens is 228 g/mol. The van der Waals surface area contributed by atoms with Gasteiger partial charge in [0.15, 0.2) is 0 Å². The van der Waals surface area contributed by atoms with E-state index in [1.165, 1.54) is 0 Å². The maximum Gasteiger partial charge on any atom is 0.324 e. The molecular formula is C14H20N2O2. The van der Waals surface area contributed by atoms with Crippen LogP contribution in [0.2, 0.25) is 0 Å². The molecule has 4 heteroatoms. The van der Waals surface area contributed by atoms with Crippen LogP contribution in [0, 0.1) is 0 Å². The molecule has 0 spiro atoms. The van der Waals surface area contributed by atoms with Gasteiger partial charge in [-0.1, -0.05) is 6.07 Å². The fourth-order valence-corrected chi connectivity index (χ4v) is 2.81. The van der Waals surface area contributed by atoms with Gasteiger partial charge < -0.3 is 5.11 Å². The summed E-state index contributed by atoms with van der Waals surface area (Å²) in [5.41, 5.74) is 0.396. The van der Waals surface area contributed by atoms with E-state index in [0.29, 0.717) is 6.42 Å². The summed E-state index contributed by atoms with van der Waals surface area (Å²) < 4.78 is 0. The molecule has 1 aliphatic rings. The van der Waals surface area contributed by atoms with Gasteiger partial charge in [0.05, 0.1) is 0 Å². The molecule has 0 radical (unpaired) electrons. The number of likely N-dealkylation sites (tertiary alicyclic amines) is 1. The summed E-state index contributed by atoms with van der Waals surface area (Å²) >= 11 is 0.